The van der Waals surface area contributed by atoms with Crippen LogP contribution < -0.4 is 5.56 Å². The zero-order valence-corrected chi connectivity index (χ0v) is 18.7. The Morgan fingerprint density at radius 1 is 1.23 bits per heavy atom. The maximum Gasteiger partial charge on any atom is 0.266 e. The number of aromatic nitrogens is 5. The highest BCUT2D eigenvalue weighted by molar-refractivity contribution is 7.89. The Morgan fingerprint density at radius 3 is 2.71 bits per heavy atom. The van der Waals surface area contributed by atoms with Crippen LogP contribution in [0.3, 0.4) is 0 Å². The van der Waals surface area contributed by atoms with Gasteiger partial charge >= 0.3 is 0 Å². The molecule has 0 amide bonds. The number of hydrogen-bond acceptors (Lipinski definition) is 6. The molecule has 0 aliphatic carbocycles. The third kappa shape index (κ3) is 4.17. The molecule has 4 rings (SSSR count). The molecule has 0 spiro atoms. The first-order chi connectivity index (χ1) is 14.8. The lowest BCUT2D eigenvalue weighted by molar-refractivity contribution is 0.335. The van der Waals surface area contributed by atoms with Crippen LogP contribution in [0.25, 0.3) is 11.3 Å². The molecule has 0 bridgehead atoms. The van der Waals surface area contributed by atoms with Gasteiger partial charge < -0.3 is 4.57 Å². The smallest absolute Gasteiger partial charge is 0.266 e. The minimum atomic E-state index is -3.77. The summed E-state index contributed by atoms with van der Waals surface area (Å²) in [6.07, 6.45) is 6.30. The first kappa shape index (κ1) is 21.4. The van der Waals surface area contributed by atoms with Gasteiger partial charge in [-0.25, -0.2) is 18.1 Å². The maximum absolute atomic E-state index is 13.3. The average Bonchev–Trinajstić information content (AvgIpc) is 3.37. The Bertz CT molecular complexity index is 1230. The van der Waals surface area contributed by atoms with Gasteiger partial charge in [-0.15, -0.1) is 0 Å². The largest absolute Gasteiger partial charge is 0.336 e. The molecule has 1 aliphatic rings. The van der Waals surface area contributed by atoms with E-state index in [4.69, 9.17) is 0 Å². The molecule has 0 radical (unpaired) electrons. The summed E-state index contributed by atoms with van der Waals surface area (Å²) in [5.41, 5.74) is 1.14. The molecule has 1 fully saturated rings. The lowest BCUT2D eigenvalue weighted by atomic mass is 10.2. The van der Waals surface area contributed by atoms with Crippen molar-refractivity contribution in [2.75, 3.05) is 6.54 Å². The van der Waals surface area contributed by atoms with Gasteiger partial charge in [0.15, 0.2) is 5.03 Å². The van der Waals surface area contributed by atoms with E-state index in [9.17, 15) is 13.2 Å². The maximum atomic E-state index is 13.3. The molecule has 1 atom stereocenters. The van der Waals surface area contributed by atoms with Crippen molar-refractivity contribution >= 4 is 10.0 Å². The number of aryl methyl sites for hydroxylation is 1. The van der Waals surface area contributed by atoms with Crippen LogP contribution in [0, 0.1) is 0 Å². The third-order valence-corrected chi connectivity index (χ3v) is 7.33. The van der Waals surface area contributed by atoms with Crippen molar-refractivity contribution in [1.29, 1.82) is 0 Å². The van der Waals surface area contributed by atoms with Crippen molar-refractivity contribution in [2.45, 2.75) is 50.2 Å². The van der Waals surface area contributed by atoms with Gasteiger partial charge in [-0.05, 0) is 31.0 Å². The quantitative estimate of drug-likeness (QED) is 0.579. The molecule has 0 saturated carbocycles. The Hall–Kier alpha value is -2.85. The molecule has 10 heteroatoms. The van der Waals surface area contributed by atoms with Crippen molar-refractivity contribution < 1.29 is 8.42 Å². The van der Waals surface area contributed by atoms with E-state index >= 15 is 0 Å². The molecule has 1 saturated heterocycles. The molecule has 1 unspecified atom stereocenters. The average molecular weight is 443 g/mol. The highest BCUT2D eigenvalue weighted by Gasteiger charge is 2.37. The summed E-state index contributed by atoms with van der Waals surface area (Å²) in [6, 6.07) is 6.42. The molecule has 0 aromatic carbocycles. The molecule has 1 aliphatic heterocycles. The summed E-state index contributed by atoms with van der Waals surface area (Å²) in [5.74, 6) is 0.831. The van der Waals surface area contributed by atoms with E-state index < -0.39 is 10.0 Å². The van der Waals surface area contributed by atoms with Crippen molar-refractivity contribution in [3.8, 4) is 11.3 Å². The predicted molar refractivity (Wildman–Crippen MR) is 116 cm³/mol. The first-order valence-corrected chi connectivity index (χ1v) is 11.7. The lowest BCUT2D eigenvalue weighted by Crippen LogP contribution is -2.40. The number of nitrogens with zero attached hydrogens (tertiary/aromatic N) is 6. The van der Waals surface area contributed by atoms with E-state index in [2.05, 4.69) is 15.1 Å². The fourth-order valence-electron chi connectivity index (χ4n) is 3.99. The van der Waals surface area contributed by atoms with Crippen molar-refractivity contribution in [2.24, 2.45) is 7.05 Å². The van der Waals surface area contributed by atoms with Gasteiger partial charge in [0.2, 0.25) is 0 Å². The van der Waals surface area contributed by atoms with E-state index in [1.54, 1.807) is 42.3 Å². The number of sulfonamides is 1. The molecule has 9 nitrogen and oxygen atoms in total. The standard InChI is InChI=1S/C21H26N6O3S/c1-15(2)21-23-19(14-25(21)3)31(29,30)27-11-5-7-17(27)13-26-20(28)9-8-18(24-26)16-6-4-10-22-12-16/h4,6,8-10,12,14-15,17H,5,7,11,13H2,1-3H3. The minimum absolute atomic E-state index is 0.0509. The van der Waals surface area contributed by atoms with Crippen LogP contribution >= 0.6 is 0 Å². The predicted octanol–water partition coefficient (Wildman–Crippen LogP) is 2.02. The summed E-state index contributed by atoms with van der Waals surface area (Å²) in [7, 11) is -1.97. The van der Waals surface area contributed by atoms with Gasteiger partial charge in [-0.3, -0.25) is 9.78 Å². The van der Waals surface area contributed by atoms with E-state index in [1.165, 1.54) is 15.1 Å². The van der Waals surface area contributed by atoms with Gasteiger partial charge in [0.05, 0.1) is 12.2 Å². The van der Waals surface area contributed by atoms with E-state index in [0.717, 1.165) is 17.8 Å². The normalized spacial score (nSPS) is 17.5. The number of pyridine rings is 1. The molecular formula is C21H26N6O3S. The fraction of sp³-hybridized carbons (Fsp3) is 0.429. The van der Waals surface area contributed by atoms with Gasteiger partial charge in [0.1, 0.15) is 5.82 Å². The Labute approximate surface area is 181 Å². The van der Waals surface area contributed by atoms with Gasteiger partial charge in [-0.2, -0.15) is 9.40 Å². The van der Waals surface area contributed by atoms with Crippen LogP contribution in [0.5, 0.6) is 0 Å². The summed E-state index contributed by atoms with van der Waals surface area (Å²) < 4.78 is 31.2. The molecule has 4 heterocycles. The molecular weight excluding hydrogens is 416 g/mol. The third-order valence-electron chi connectivity index (χ3n) is 5.51. The second kappa shape index (κ2) is 8.35. The van der Waals surface area contributed by atoms with Crippen LogP contribution in [0.15, 0.2) is 52.7 Å². The minimum Gasteiger partial charge on any atom is -0.336 e. The Balaban J connectivity index is 1.62. The molecule has 31 heavy (non-hydrogen) atoms. The van der Waals surface area contributed by atoms with Crippen LogP contribution in [0.4, 0.5) is 0 Å². The first-order valence-electron chi connectivity index (χ1n) is 10.3. The van der Waals surface area contributed by atoms with Crippen molar-refractivity contribution in [1.82, 2.24) is 28.6 Å². The second-order valence-electron chi connectivity index (χ2n) is 8.10. The molecule has 3 aromatic rings. The van der Waals surface area contributed by atoms with E-state index in [-0.39, 0.29) is 29.1 Å². The van der Waals surface area contributed by atoms with Gasteiger partial charge in [-0.1, -0.05) is 13.8 Å². The highest BCUT2D eigenvalue weighted by atomic mass is 32.2. The summed E-state index contributed by atoms with van der Waals surface area (Å²) in [5, 5.41) is 4.51. The lowest BCUT2D eigenvalue weighted by Gasteiger charge is -2.23. The van der Waals surface area contributed by atoms with Gasteiger partial charge in [0.25, 0.3) is 15.6 Å². The zero-order chi connectivity index (χ0) is 22.2. The van der Waals surface area contributed by atoms with Crippen LogP contribution in [-0.4, -0.2) is 49.6 Å². The number of rotatable bonds is 6. The Morgan fingerprint density at radius 2 is 2.03 bits per heavy atom. The van der Waals surface area contributed by atoms with Crippen molar-refractivity contribution in [3.63, 3.8) is 0 Å². The van der Waals surface area contributed by atoms with Gasteiger partial charge in [0, 0.05) is 55.8 Å². The van der Waals surface area contributed by atoms with Crippen LogP contribution in [0.1, 0.15) is 38.4 Å². The number of hydrogen-bond donors (Lipinski definition) is 0. The Kier molecular flexibility index (Phi) is 5.76. The molecule has 0 N–H and O–H groups in total. The van der Waals surface area contributed by atoms with E-state index in [1.807, 2.05) is 19.9 Å². The summed E-state index contributed by atoms with van der Waals surface area (Å²) in [4.78, 5) is 20.9. The molecule has 3 aromatic heterocycles. The fourth-order valence-corrected chi connectivity index (χ4v) is 5.66. The summed E-state index contributed by atoms with van der Waals surface area (Å²) >= 11 is 0. The second-order valence-corrected chi connectivity index (χ2v) is 9.93. The topological polar surface area (TPSA) is 103 Å². The number of imidazole rings is 1. The monoisotopic (exact) mass is 442 g/mol. The van der Waals surface area contributed by atoms with Crippen LogP contribution in [0.2, 0.25) is 0 Å². The van der Waals surface area contributed by atoms with E-state index in [0.29, 0.717) is 18.7 Å². The van der Waals surface area contributed by atoms with Crippen molar-refractivity contribution in [3.05, 3.63) is 59.0 Å². The highest BCUT2D eigenvalue weighted by Crippen LogP contribution is 2.27. The SMILES string of the molecule is CC(C)c1nc(S(=O)(=O)N2CCCC2Cn2nc(-c3cccnc3)ccc2=O)cn1C. The summed E-state index contributed by atoms with van der Waals surface area (Å²) in [6.45, 7) is 4.54. The molecule has 164 valence electrons. The zero-order valence-electron chi connectivity index (χ0n) is 17.8. The van der Waals surface area contributed by atoms with Crippen LogP contribution in [-0.2, 0) is 23.6 Å².